The number of hydrogen-bond acceptors (Lipinski definition) is 6. The van der Waals surface area contributed by atoms with Gasteiger partial charge in [0.25, 0.3) is 5.91 Å². The number of hydrogen-bond donors (Lipinski definition) is 2. The molecule has 2 N–H and O–H groups in total. The minimum Gasteiger partial charge on any atom is -0.497 e. The molecular formula is C22H26ClN5O3. The van der Waals surface area contributed by atoms with E-state index in [1.165, 1.54) is 0 Å². The molecular weight excluding hydrogens is 418 g/mol. The van der Waals surface area contributed by atoms with Gasteiger partial charge in [0.15, 0.2) is 5.65 Å². The van der Waals surface area contributed by atoms with Crippen molar-refractivity contribution in [2.45, 2.75) is 12.5 Å². The highest BCUT2D eigenvalue weighted by atomic mass is 35.5. The van der Waals surface area contributed by atoms with E-state index >= 15 is 0 Å². The normalized spacial score (nSPS) is 22.4. The molecule has 8 nitrogen and oxygen atoms in total. The predicted molar refractivity (Wildman–Crippen MR) is 118 cm³/mol. The molecule has 3 atom stereocenters. The zero-order valence-corrected chi connectivity index (χ0v) is 18.1. The van der Waals surface area contributed by atoms with E-state index in [0.717, 1.165) is 30.0 Å². The van der Waals surface area contributed by atoms with E-state index in [9.17, 15) is 4.79 Å². The minimum atomic E-state index is -0.0392. The SMILES string of the molecule is COc1ccc([C@H]2[C@H]3CNC[C@H]3CN2C(=O)c2cnn3cc(CCO)cnc23)cc1.Cl. The Morgan fingerprint density at radius 1 is 1.26 bits per heavy atom. The number of carbonyl (C=O) groups excluding carboxylic acids is 1. The van der Waals surface area contributed by atoms with Crippen molar-refractivity contribution >= 4 is 24.0 Å². The number of rotatable bonds is 5. The Bertz CT molecular complexity index is 1070. The summed E-state index contributed by atoms with van der Waals surface area (Å²) in [5, 5.41) is 17.0. The van der Waals surface area contributed by atoms with Crippen molar-refractivity contribution in [3.8, 4) is 5.75 Å². The van der Waals surface area contributed by atoms with E-state index < -0.39 is 0 Å². The molecule has 2 aromatic heterocycles. The Morgan fingerprint density at radius 3 is 2.81 bits per heavy atom. The van der Waals surface area contributed by atoms with Crippen LogP contribution in [0.1, 0.15) is 27.5 Å². The first-order valence-electron chi connectivity index (χ1n) is 10.3. The topological polar surface area (TPSA) is 92.0 Å². The van der Waals surface area contributed by atoms with Crippen LogP contribution in [0.4, 0.5) is 0 Å². The molecule has 3 aromatic rings. The molecule has 164 valence electrons. The lowest BCUT2D eigenvalue weighted by molar-refractivity contribution is 0.0716. The van der Waals surface area contributed by atoms with Gasteiger partial charge in [-0.25, -0.2) is 9.50 Å². The number of benzene rings is 1. The highest BCUT2D eigenvalue weighted by molar-refractivity contribution is 6.00. The summed E-state index contributed by atoms with van der Waals surface area (Å²) in [6.07, 6.45) is 5.63. The third-order valence-electron chi connectivity index (χ3n) is 6.32. The third-order valence-corrected chi connectivity index (χ3v) is 6.32. The monoisotopic (exact) mass is 443 g/mol. The lowest BCUT2D eigenvalue weighted by Crippen LogP contribution is -2.34. The predicted octanol–water partition coefficient (Wildman–Crippen LogP) is 1.73. The molecule has 0 aliphatic carbocycles. The van der Waals surface area contributed by atoms with Crippen molar-refractivity contribution in [3.05, 3.63) is 59.5 Å². The maximum Gasteiger partial charge on any atom is 0.259 e. The second kappa shape index (κ2) is 8.82. The fourth-order valence-electron chi connectivity index (χ4n) is 4.83. The average molecular weight is 444 g/mol. The number of nitrogens with zero attached hydrogens (tertiary/aromatic N) is 4. The maximum absolute atomic E-state index is 13.6. The zero-order valence-electron chi connectivity index (χ0n) is 17.3. The largest absolute Gasteiger partial charge is 0.497 e. The van der Waals surface area contributed by atoms with Gasteiger partial charge >= 0.3 is 0 Å². The molecule has 5 rings (SSSR count). The highest BCUT2D eigenvalue weighted by Gasteiger charge is 2.47. The minimum absolute atomic E-state index is 0. The van der Waals surface area contributed by atoms with Gasteiger partial charge in [-0.1, -0.05) is 12.1 Å². The summed E-state index contributed by atoms with van der Waals surface area (Å²) in [6.45, 7) is 2.60. The number of aliphatic hydroxyl groups excluding tert-OH is 1. The van der Waals surface area contributed by atoms with Crippen LogP contribution in [0.3, 0.4) is 0 Å². The van der Waals surface area contributed by atoms with E-state index in [-0.39, 0.29) is 31.0 Å². The van der Waals surface area contributed by atoms with Gasteiger partial charge in [0.05, 0.1) is 19.3 Å². The number of aromatic nitrogens is 3. The van der Waals surface area contributed by atoms with Gasteiger partial charge in [-0.05, 0) is 35.6 Å². The van der Waals surface area contributed by atoms with Gasteiger partial charge in [-0.15, -0.1) is 12.4 Å². The molecule has 1 amide bonds. The van der Waals surface area contributed by atoms with Gasteiger partial charge < -0.3 is 20.1 Å². The molecule has 2 fully saturated rings. The van der Waals surface area contributed by atoms with Crippen molar-refractivity contribution in [3.63, 3.8) is 0 Å². The molecule has 2 aliphatic heterocycles. The molecule has 4 heterocycles. The number of aliphatic hydroxyl groups is 1. The maximum atomic E-state index is 13.6. The first-order chi connectivity index (χ1) is 14.7. The van der Waals surface area contributed by atoms with Crippen LogP contribution in [0.5, 0.6) is 5.75 Å². The molecule has 0 spiro atoms. The van der Waals surface area contributed by atoms with Crippen molar-refractivity contribution < 1.29 is 14.6 Å². The van der Waals surface area contributed by atoms with E-state index in [2.05, 4.69) is 27.5 Å². The summed E-state index contributed by atoms with van der Waals surface area (Å²) in [5.41, 5.74) is 3.06. The van der Waals surface area contributed by atoms with Crippen molar-refractivity contribution in [2.75, 3.05) is 33.4 Å². The summed E-state index contributed by atoms with van der Waals surface area (Å²) in [5.74, 6) is 1.59. The summed E-state index contributed by atoms with van der Waals surface area (Å²) >= 11 is 0. The molecule has 0 unspecified atom stereocenters. The highest BCUT2D eigenvalue weighted by Crippen LogP contribution is 2.43. The molecule has 2 aliphatic rings. The molecule has 2 saturated heterocycles. The summed E-state index contributed by atoms with van der Waals surface area (Å²) in [7, 11) is 1.65. The second-order valence-corrected chi connectivity index (χ2v) is 8.02. The Labute approximate surface area is 186 Å². The molecule has 0 radical (unpaired) electrons. The van der Waals surface area contributed by atoms with Crippen LogP contribution >= 0.6 is 12.4 Å². The van der Waals surface area contributed by atoms with Crippen LogP contribution in [-0.2, 0) is 6.42 Å². The Morgan fingerprint density at radius 2 is 2.06 bits per heavy atom. The zero-order chi connectivity index (χ0) is 20.7. The second-order valence-electron chi connectivity index (χ2n) is 8.02. The van der Waals surface area contributed by atoms with Gasteiger partial charge in [-0.2, -0.15) is 5.10 Å². The number of ether oxygens (including phenoxy) is 1. The van der Waals surface area contributed by atoms with Crippen LogP contribution in [-0.4, -0.2) is 63.9 Å². The standard InChI is InChI=1S/C22H25N5O3.ClH/c1-30-17-4-2-15(3-5-17)20-18-10-23-9-16(18)13-26(20)22(29)19-11-25-27-12-14(6-7-28)8-24-21(19)27;/h2-5,8,11-12,16,18,20,23,28H,6-7,9-10,13H2,1H3;1H/t16-,18-,20-;/m0./s1. The van der Waals surface area contributed by atoms with E-state index in [0.29, 0.717) is 36.0 Å². The fourth-order valence-corrected chi connectivity index (χ4v) is 4.83. The van der Waals surface area contributed by atoms with Gasteiger partial charge in [0.1, 0.15) is 11.3 Å². The van der Waals surface area contributed by atoms with Crippen molar-refractivity contribution in [1.82, 2.24) is 24.8 Å². The quantitative estimate of drug-likeness (QED) is 0.624. The van der Waals surface area contributed by atoms with Crippen LogP contribution < -0.4 is 10.1 Å². The van der Waals surface area contributed by atoms with E-state index in [4.69, 9.17) is 9.84 Å². The fraction of sp³-hybridized carbons (Fsp3) is 0.409. The lowest BCUT2D eigenvalue weighted by atomic mass is 9.89. The van der Waals surface area contributed by atoms with E-state index in [1.54, 1.807) is 24.0 Å². The molecule has 0 saturated carbocycles. The Hall–Kier alpha value is -2.68. The van der Waals surface area contributed by atoms with Gasteiger partial charge in [0, 0.05) is 44.6 Å². The molecule has 1 aromatic carbocycles. The molecule has 9 heteroatoms. The van der Waals surface area contributed by atoms with Crippen LogP contribution in [0, 0.1) is 11.8 Å². The first-order valence-corrected chi connectivity index (χ1v) is 10.3. The summed E-state index contributed by atoms with van der Waals surface area (Å²) < 4.78 is 6.92. The average Bonchev–Trinajstić information content (AvgIpc) is 3.47. The Balaban J connectivity index is 0.00000231. The third kappa shape index (κ3) is 3.75. The smallest absolute Gasteiger partial charge is 0.259 e. The number of halogens is 1. The summed E-state index contributed by atoms with van der Waals surface area (Å²) in [6, 6.07) is 8.02. The number of fused-ring (bicyclic) bond motifs is 2. The number of amides is 1. The Kier molecular flexibility index (Phi) is 6.13. The number of likely N-dealkylation sites (tertiary alicyclic amines) is 1. The van der Waals surface area contributed by atoms with Crippen molar-refractivity contribution in [1.29, 1.82) is 0 Å². The summed E-state index contributed by atoms with van der Waals surface area (Å²) in [4.78, 5) is 20.1. The first kappa shape index (κ1) is 21.5. The number of carbonyl (C=O) groups is 1. The van der Waals surface area contributed by atoms with Crippen LogP contribution in [0.2, 0.25) is 0 Å². The van der Waals surface area contributed by atoms with Gasteiger partial charge in [0.2, 0.25) is 0 Å². The molecule has 0 bridgehead atoms. The van der Waals surface area contributed by atoms with Crippen LogP contribution in [0.25, 0.3) is 5.65 Å². The van der Waals surface area contributed by atoms with Crippen molar-refractivity contribution in [2.24, 2.45) is 11.8 Å². The van der Waals surface area contributed by atoms with Crippen LogP contribution in [0.15, 0.2) is 42.9 Å². The van der Waals surface area contributed by atoms with E-state index in [1.807, 2.05) is 23.2 Å². The molecule has 31 heavy (non-hydrogen) atoms. The number of methoxy groups -OCH3 is 1. The van der Waals surface area contributed by atoms with Gasteiger partial charge in [-0.3, -0.25) is 4.79 Å². The lowest BCUT2D eigenvalue weighted by Gasteiger charge is -2.28. The number of nitrogens with one attached hydrogen (secondary N) is 1.